The standard InChI is InChI=1S/C16H21N5O2/c1-4-14(22)20-9-5-6-12(20)13-7-8-17-15-11(10-18-21(13)15)16(23)19(2)3/h7-8,10,12H,4-6,9H2,1-3H3/t12-/m1/s1. The number of aromatic nitrogens is 3. The maximum absolute atomic E-state index is 12.2. The van der Waals surface area contributed by atoms with Crippen LogP contribution in [0.2, 0.25) is 0 Å². The molecule has 7 heteroatoms. The van der Waals surface area contributed by atoms with Crippen molar-refractivity contribution in [2.24, 2.45) is 0 Å². The largest absolute Gasteiger partial charge is 0.345 e. The number of hydrogen-bond acceptors (Lipinski definition) is 4. The molecule has 0 unspecified atom stereocenters. The molecule has 1 aliphatic heterocycles. The summed E-state index contributed by atoms with van der Waals surface area (Å²) in [5.41, 5.74) is 1.92. The van der Waals surface area contributed by atoms with E-state index in [1.54, 1.807) is 31.0 Å². The molecule has 1 atom stereocenters. The zero-order valence-electron chi connectivity index (χ0n) is 13.7. The third-order valence-corrected chi connectivity index (χ3v) is 4.28. The van der Waals surface area contributed by atoms with E-state index in [1.807, 2.05) is 17.9 Å². The molecule has 0 bridgehead atoms. The molecule has 1 saturated heterocycles. The molecular formula is C16H21N5O2. The molecule has 7 nitrogen and oxygen atoms in total. The van der Waals surface area contributed by atoms with Gasteiger partial charge in [0.05, 0.1) is 17.9 Å². The molecule has 1 fully saturated rings. The lowest BCUT2D eigenvalue weighted by Crippen LogP contribution is -2.31. The van der Waals surface area contributed by atoms with Gasteiger partial charge in [0.1, 0.15) is 5.56 Å². The zero-order chi connectivity index (χ0) is 16.6. The van der Waals surface area contributed by atoms with Crippen molar-refractivity contribution in [2.75, 3.05) is 20.6 Å². The fourth-order valence-electron chi connectivity index (χ4n) is 3.13. The Hall–Kier alpha value is -2.44. The van der Waals surface area contributed by atoms with Crippen molar-refractivity contribution in [3.8, 4) is 0 Å². The number of hydrogen-bond donors (Lipinski definition) is 0. The first kappa shape index (κ1) is 15.5. The summed E-state index contributed by atoms with van der Waals surface area (Å²) >= 11 is 0. The zero-order valence-corrected chi connectivity index (χ0v) is 13.7. The van der Waals surface area contributed by atoms with Gasteiger partial charge in [0.15, 0.2) is 5.65 Å². The lowest BCUT2D eigenvalue weighted by Gasteiger charge is -2.24. The molecule has 0 spiro atoms. The molecule has 3 rings (SSSR count). The fourth-order valence-corrected chi connectivity index (χ4v) is 3.13. The van der Waals surface area contributed by atoms with Gasteiger partial charge in [-0.25, -0.2) is 9.50 Å². The lowest BCUT2D eigenvalue weighted by molar-refractivity contribution is -0.131. The summed E-state index contributed by atoms with van der Waals surface area (Å²) in [5.74, 6) is 0.0202. The van der Waals surface area contributed by atoms with Crippen molar-refractivity contribution in [2.45, 2.75) is 32.2 Å². The highest BCUT2D eigenvalue weighted by atomic mass is 16.2. The number of likely N-dealkylation sites (tertiary alicyclic amines) is 1. The summed E-state index contributed by atoms with van der Waals surface area (Å²) in [7, 11) is 3.41. The third-order valence-electron chi connectivity index (χ3n) is 4.28. The summed E-state index contributed by atoms with van der Waals surface area (Å²) in [6.07, 6.45) is 5.61. The van der Waals surface area contributed by atoms with Gasteiger partial charge in [-0.05, 0) is 18.9 Å². The minimum Gasteiger partial charge on any atom is -0.345 e. The molecule has 23 heavy (non-hydrogen) atoms. The molecule has 2 amide bonds. The minimum absolute atomic E-state index is 0.00448. The average molecular weight is 315 g/mol. The van der Waals surface area contributed by atoms with Gasteiger partial charge in [-0.3, -0.25) is 9.59 Å². The number of rotatable bonds is 3. The van der Waals surface area contributed by atoms with Crippen LogP contribution in [0.4, 0.5) is 0 Å². The van der Waals surface area contributed by atoms with Crippen LogP contribution >= 0.6 is 0 Å². The van der Waals surface area contributed by atoms with Crippen molar-refractivity contribution in [1.29, 1.82) is 0 Å². The molecule has 122 valence electrons. The number of fused-ring (bicyclic) bond motifs is 1. The highest BCUT2D eigenvalue weighted by Gasteiger charge is 2.31. The smallest absolute Gasteiger partial charge is 0.258 e. The maximum Gasteiger partial charge on any atom is 0.258 e. The van der Waals surface area contributed by atoms with Crippen LogP contribution in [0.25, 0.3) is 5.65 Å². The topological polar surface area (TPSA) is 70.8 Å². The molecule has 0 aliphatic carbocycles. The van der Waals surface area contributed by atoms with Crippen LogP contribution in [-0.4, -0.2) is 56.9 Å². The third kappa shape index (κ3) is 2.56. The maximum atomic E-state index is 12.2. The van der Waals surface area contributed by atoms with Gasteiger partial charge < -0.3 is 9.80 Å². The average Bonchev–Trinajstić information content (AvgIpc) is 3.19. The van der Waals surface area contributed by atoms with Crippen LogP contribution in [-0.2, 0) is 4.79 Å². The lowest BCUT2D eigenvalue weighted by atomic mass is 10.1. The van der Waals surface area contributed by atoms with E-state index in [0.29, 0.717) is 17.6 Å². The Bertz CT molecular complexity index is 752. The first-order valence-corrected chi connectivity index (χ1v) is 7.88. The minimum atomic E-state index is -0.127. The van der Waals surface area contributed by atoms with E-state index in [9.17, 15) is 9.59 Å². The van der Waals surface area contributed by atoms with Gasteiger partial charge in [0.25, 0.3) is 5.91 Å². The highest BCUT2D eigenvalue weighted by molar-refractivity contribution is 5.99. The van der Waals surface area contributed by atoms with Crippen LogP contribution in [0.15, 0.2) is 18.5 Å². The van der Waals surface area contributed by atoms with Gasteiger partial charge in [-0.1, -0.05) is 6.92 Å². The fraction of sp³-hybridized carbons (Fsp3) is 0.500. The second kappa shape index (κ2) is 5.98. The van der Waals surface area contributed by atoms with E-state index in [2.05, 4.69) is 10.1 Å². The van der Waals surface area contributed by atoms with E-state index in [1.165, 1.54) is 4.90 Å². The van der Waals surface area contributed by atoms with E-state index in [4.69, 9.17) is 0 Å². The van der Waals surface area contributed by atoms with Crippen molar-refractivity contribution >= 4 is 17.5 Å². The van der Waals surface area contributed by atoms with E-state index >= 15 is 0 Å². The normalized spacial score (nSPS) is 17.7. The summed E-state index contributed by atoms with van der Waals surface area (Å²) in [5, 5.41) is 4.35. The molecule has 0 radical (unpaired) electrons. The Balaban J connectivity index is 2.06. The SMILES string of the molecule is CCC(=O)N1CCC[C@@H]1c1ccnc2c(C(=O)N(C)C)cnn12. The first-order valence-electron chi connectivity index (χ1n) is 7.88. The van der Waals surface area contributed by atoms with Gasteiger partial charge >= 0.3 is 0 Å². The second-order valence-corrected chi connectivity index (χ2v) is 5.96. The Morgan fingerprint density at radius 1 is 1.39 bits per heavy atom. The molecule has 0 aromatic carbocycles. The van der Waals surface area contributed by atoms with Crippen LogP contribution in [0.3, 0.4) is 0 Å². The summed E-state index contributed by atoms with van der Waals surface area (Å²) in [6, 6.07) is 1.88. The predicted octanol–water partition coefficient (Wildman–Crippen LogP) is 1.50. The molecule has 0 saturated carbocycles. The second-order valence-electron chi connectivity index (χ2n) is 5.96. The molecular weight excluding hydrogens is 294 g/mol. The van der Waals surface area contributed by atoms with E-state index in [0.717, 1.165) is 25.1 Å². The summed E-state index contributed by atoms with van der Waals surface area (Å²) < 4.78 is 1.70. The van der Waals surface area contributed by atoms with Crippen LogP contribution in [0, 0.1) is 0 Å². The Morgan fingerprint density at radius 2 is 2.17 bits per heavy atom. The van der Waals surface area contributed by atoms with Gasteiger partial charge in [-0.15, -0.1) is 0 Å². The van der Waals surface area contributed by atoms with Crippen molar-refractivity contribution in [3.63, 3.8) is 0 Å². The first-order chi connectivity index (χ1) is 11.0. The highest BCUT2D eigenvalue weighted by Crippen LogP contribution is 2.32. The summed E-state index contributed by atoms with van der Waals surface area (Å²) in [6.45, 7) is 2.65. The number of carbonyl (C=O) groups is 2. The molecule has 2 aromatic rings. The quantitative estimate of drug-likeness (QED) is 0.860. The van der Waals surface area contributed by atoms with E-state index < -0.39 is 0 Å². The van der Waals surface area contributed by atoms with Crippen molar-refractivity contribution in [1.82, 2.24) is 24.4 Å². The van der Waals surface area contributed by atoms with Gasteiger partial charge in [-0.2, -0.15) is 5.10 Å². The summed E-state index contributed by atoms with van der Waals surface area (Å²) in [4.78, 5) is 32.1. The van der Waals surface area contributed by atoms with Crippen molar-refractivity contribution < 1.29 is 9.59 Å². The van der Waals surface area contributed by atoms with Crippen LogP contribution in [0.5, 0.6) is 0 Å². The van der Waals surface area contributed by atoms with E-state index in [-0.39, 0.29) is 17.9 Å². The number of nitrogens with zero attached hydrogens (tertiary/aromatic N) is 5. The molecule has 0 N–H and O–H groups in total. The number of carbonyl (C=O) groups excluding carboxylic acids is 2. The predicted molar refractivity (Wildman–Crippen MR) is 85.0 cm³/mol. The van der Waals surface area contributed by atoms with Crippen LogP contribution < -0.4 is 0 Å². The van der Waals surface area contributed by atoms with Crippen LogP contribution in [0.1, 0.15) is 48.3 Å². The number of amides is 2. The Labute approximate surface area is 134 Å². The Morgan fingerprint density at radius 3 is 2.87 bits per heavy atom. The van der Waals surface area contributed by atoms with Crippen molar-refractivity contribution in [3.05, 3.63) is 29.7 Å². The molecule has 1 aliphatic rings. The Kier molecular flexibility index (Phi) is 4.02. The molecule has 3 heterocycles. The van der Waals surface area contributed by atoms with Gasteiger partial charge in [0.2, 0.25) is 5.91 Å². The van der Waals surface area contributed by atoms with Gasteiger partial charge in [0, 0.05) is 33.3 Å². The molecule has 2 aromatic heterocycles. The monoisotopic (exact) mass is 315 g/mol.